The molecule has 0 saturated heterocycles. The lowest BCUT2D eigenvalue weighted by Crippen LogP contribution is -2.38. The highest BCUT2D eigenvalue weighted by molar-refractivity contribution is 5.98. The van der Waals surface area contributed by atoms with Crippen molar-refractivity contribution < 1.29 is 9.53 Å². The number of hydrogen-bond donors (Lipinski definition) is 1. The van der Waals surface area contributed by atoms with Crippen LogP contribution in [0.4, 0.5) is 0 Å². The molecule has 3 heterocycles. The summed E-state index contributed by atoms with van der Waals surface area (Å²) in [5.74, 6) is 0.790. The molecular formula is C16H16N4O2. The molecule has 6 heteroatoms. The van der Waals surface area contributed by atoms with E-state index >= 15 is 0 Å². The fourth-order valence-corrected chi connectivity index (χ4v) is 2.88. The zero-order valence-corrected chi connectivity index (χ0v) is 12.2. The third-order valence-corrected chi connectivity index (χ3v) is 4.09. The summed E-state index contributed by atoms with van der Waals surface area (Å²) in [6.07, 6.45) is 1.78. The molecule has 1 N–H and O–H groups in total. The monoisotopic (exact) mass is 296 g/mol. The van der Waals surface area contributed by atoms with Crippen molar-refractivity contribution in [2.75, 3.05) is 13.7 Å². The van der Waals surface area contributed by atoms with Crippen LogP contribution in [0.5, 0.6) is 5.75 Å². The number of benzene rings is 1. The Bertz CT molecular complexity index is 849. The van der Waals surface area contributed by atoms with E-state index in [2.05, 4.69) is 10.1 Å². The molecule has 6 nitrogen and oxygen atoms in total. The van der Waals surface area contributed by atoms with Crippen LogP contribution in [0.2, 0.25) is 0 Å². The van der Waals surface area contributed by atoms with E-state index in [9.17, 15) is 4.79 Å². The third-order valence-electron chi connectivity index (χ3n) is 4.09. The Balaban J connectivity index is 1.63. The lowest BCUT2D eigenvalue weighted by molar-refractivity contribution is 0.0701. The summed E-state index contributed by atoms with van der Waals surface area (Å²) in [7, 11) is 1.63. The van der Waals surface area contributed by atoms with Gasteiger partial charge in [0.15, 0.2) is 0 Å². The fourth-order valence-electron chi connectivity index (χ4n) is 2.88. The first-order valence-electron chi connectivity index (χ1n) is 7.21. The van der Waals surface area contributed by atoms with Gasteiger partial charge in [-0.2, -0.15) is 5.10 Å². The van der Waals surface area contributed by atoms with Crippen LogP contribution < -0.4 is 4.74 Å². The van der Waals surface area contributed by atoms with Crippen LogP contribution in [0, 0.1) is 0 Å². The predicted molar refractivity (Wildman–Crippen MR) is 81.8 cm³/mol. The molecule has 0 atom stereocenters. The van der Waals surface area contributed by atoms with Crippen LogP contribution in [0.15, 0.2) is 36.5 Å². The lowest BCUT2D eigenvalue weighted by Gasteiger charge is -2.27. The minimum atomic E-state index is 0.0163. The molecule has 0 fully saturated rings. The lowest BCUT2D eigenvalue weighted by atomic mass is 10.2. The summed E-state index contributed by atoms with van der Waals surface area (Å²) in [6.45, 7) is 2.01. The Morgan fingerprint density at radius 2 is 2.18 bits per heavy atom. The van der Waals surface area contributed by atoms with Crippen molar-refractivity contribution in [3.63, 3.8) is 0 Å². The fraction of sp³-hybridized carbons (Fsp3) is 0.250. The van der Waals surface area contributed by atoms with Gasteiger partial charge in [0.2, 0.25) is 0 Å². The van der Waals surface area contributed by atoms with Crippen molar-refractivity contribution in [2.24, 2.45) is 0 Å². The Hall–Kier alpha value is -2.76. The molecule has 0 spiro atoms. The van der Waals surface area contributed by atoms with Gasteiger partial charge in [0.25, 0.3) is 5.91 Å². The zero-order chi connectivity index (χ0) is 15.1. The third kappa shape index (κ3) is 2.04. The van der Waals surface area contributed by atoms with Crippen LogP contribution >= 0.6 is 0 Å². The van der Waals surface area contributed by atoms with Gasteiger partial charge in [0, 0.05) is 29.7 Å². The van der Waals surface area contributed by atoms with Crippen molar-refractivity contribution >= 4 is 16.8 Å². The number of carbonyl (C=O) groups excluding carboxylic acids is 1. The smallest absolute Gasteiger partial charge is 0.270 e. The molecule has 0 unspecified atom stereocenters. The highest BCUT2D eigenvalue weighted by Crippen LogP contribution is 2.23. The van der Waals surface area contributed by atoms with Crippen molar-refractivity contribution in [1.29, 1.82) is 0 Å². The molecule has 4 rings (SSSR count). The normalized spacial score (nSPS) is 14.1. The Morgan fingerprint density at radius 1 is 1.27 bits per heavy atom. The summed E-state index contributed by atoms with van der Waals surface area (Å²) in [6, 6.07) is 9.59. The number of methoxy groups -OCH3 is 1. The van der Waals surface area contributed by atoms with Gasteiger partial charge in [0.05, 0.1) is 25.9 Å². The number of aromatic amines is 1. The molecule has 0 saturated carbocycles. The van der Waals surface area contributed by atoms with Crippen molar-refractivity contribution in [3.8, 4) is 5.75 Å². The van der Waals surface area contributed by atoms with E-state index in [-0.39, 0.29) is 5.91 Å². The molecule has 3 aromatic rings. The zero-order valence-electron chi connectivity index (χ0n) is 12.2. The summed E-state index contributed by atoms with van der Waals surface area (Å²) in [4.78, 5) is 17.7. The van der Waals surface area contributed by atoms with Gasteiger partial charge in [-0.05, 0) is 24.3 Å². The van der Waals surface area contributed by atoms with Crippen LogP contribution in [-0.2, 0) is 13.1 Å². The second-order valence-electron chi connectivity index (χ2n) is 5.41. The van der Waals surface area contributed by atoms with Gasteiger partial charge in [0.1, 0.15) is 11.4 Å². The molecule has 1 amide bonds. The topological polar surface area (TPSA) is 63.1 Å². The number of carbonyl (C=O) groups is 1. The molecular weight excluding hydrogens is 280 g/mol. The highest BCUT2D eigenvalue weighted by Gasteiger charge is 2.23. The van der Waals surface area contributed by atoms with Gasteiger partial charge in [-0.3, -0.25) is 9.48 Å². The van der Waals surface area contributed by atoms with Gasteiger partial charge in [-0.1, -0.05) is 0 Å². The molecule has 112 valence electrons. The summed E-state index contributed by atoms with van der Waals surface area (Å²) >= 11 is 0. The number of rotatable bonds is 2. The highest BCUT2D eigenvalue weighted by atomic mass is 16.5. The van der Waals surface area contributed by atoms with Gasteiger partial charge in [-0.25, -0.2) is 0 Å². The SMILES string of the molecule is COc1ccc2cc(C(=O)N3CCn4nccc4C3)[nH]c2c1. The number of ether oxygens (including phenoxy) is 1. The van der Waals surface area contributed by atoms with E-state index in [1.807, 2.05) is 39.9 Å². The standard InChI is InChI=1S/C16H16N4O2/c1-22-13-3-2-11-8-15(18-14(11)9-13)16(21)19-6-7-20-12(10-19)4-5-17-20/h2-5,8-9,18H,6-7,10H2,1H3. The molecule has 1 aliphatic rings. The second-order valence-corrected chi connectivity index (χ2v) is 5.41. The van der Waals surface area contributed by atoms with E-state index in [0.29, 0.717) is 18.8 Å². The number of aromatic nitrogens is 3. The first-order valence-corrected chi connectivity index (χ1v) is 7.21. The molecule has 2 aromatic heterocycles. The first-order chi connectivity index (χ1) is 10.7. The molecule has 0 bridgehead atoms. The average molecular weight is 296 g/mol. The van der Waals surface area contributed by atoms with Crippen molar-refractivity contribution in [3.05, 3.63) is 47.9 Å². The van der Waals surface area contributed by atoms with Crippen molar-refractivity contribution in [2.45, 2.75) is 13.1 Å². The van der Waals surface area contributed by atoms with E-state index in [1.165, 1.54) is 0 Å². The Labute approximate surface area is 127 Å². The van der Waals surface area contributed by atoms with Crippen LogP contribution in [-0.4, -0.2) is 39.2 Å². The molecule has 1 aliphatic heterocycles. The van der Waals surface area contributed by atoms with Gasteiger partial charge in [-0.15, -0.1) is 0 Å². The second kappa shape index (κ2) is 4.91. The first kappa shape index (κ1) is 12.9. The Kier molecular flexibility index (Phi) is 2.89. The van der Waals surface area contributed by atoms with E-state index < -0.39 is 0 Å². The van der Waals surface area contributed by atoms with Crippen LogP contribution in [0.25, 0.3) is 10.9 Å². The number of nitrogens with zero attached hydrogens (tertiary/aromatic N) is 3. The summed E-state index contributed by atoms with van der Waals surface area (Å²) < 4.78 is 7.16. The number of nitrogens with one attached hydrogen (secondary N) is 1. The molecule has 1 aromatic carbocycles. The predicted octanol–water partition coefficient (Wildman–Crippen LogP) is 2.03. The Morgan fingerprint density at radius 3 is 3.05 bits per heavy atom. The minimum Gasteiger partial charge on any atom is -0.497 e. The average Bonchev–Trinajstić information content (AvgIpc) is 3.18. The minimum absolute atomic E-state index is 0.0163. The maximum atomic E-state index is 12.7. The van der Waals surface area contributed by atoms with Gasteiger partial charge >= 0.3 is 0 Å². The van der Waals surface area contributed by atoms with Crippen LogP contribution in [0.1, 0.15) is 16.2 Å². The maximum absolute atomic E-state index is 12.7. The summed E-state index contributed by atoms with van der Waals surface area (Å²) in [5, 5.41) is 5.24. The quantitative estimate of drug-likeness (QED) is 0.787. The molecule has 0 aliphatic carbocycles. The number of fused-ring (bicyclic) bond motifs is 2. The number of H-pyrrole nitrogens is 1. The van der Waals surface area contributed by atoms with E-state index in [0.717, 1.165) is 28.9 Å². The molecule has 22 heavy (non-hydrogen) atoms. The maximum Gasteiger partial charge on any atom is 0.270 e. The largest absolute Gasteiger partial charge is 0.497 e. The number of hydrogen-bond acceptors (Lipinski definition) is 3. The number of amides is 1. The van der Waals surface area contributed by atoms with E-state index in [1.54, 1.807) is 13.3 Å². The van der Waals surface area contributed by atoms with Crippen LogP contribution in [0.3, 0.4) is 0 Å². The van der Waals surface area contributed by atoms with E-state index in [4.69, 9.17) is 4.74 Å². The summed E-state index contributed by atoms with van der Waals surface area (Å²) in [5.41, 5.74) is 2.58. The molecule has 0 radical (unpaired) electrons. The van der Waals surface area contributed by atoms with Crippen molar-refractivity contribution in [1.82, 2.24) is 19.7 Å². The van der Waals surface area contributed by atoms with Gasteiger partial charge < -0.3 is 14.6 Å².